The quantitative estimate of drug-likeness (QED) is 0.745. The first-order chi connectivity index (χ1) is 13.3. The second kappa shape index (κ2) is 8.32. The van der Waals surface area contributed by atoms with Crippen molar-refractivity contribution in [2.24, 2.45) is 0 Å². The summed E-state index contributed by atoms with van der Waals surface area (Å²) in [4.78, 5) is 27.1. The minimum Gasteiger partial charge on any atom is -0.350 e. The number of rotatable bonds is 7. The van der Waals surface area contributed by atoms with Crippen molar-refractivity contribution in [2.75, 3.05) is 12.0 Å². The van der Waals surface area contributed by atoms with Crippen LogP contribution in [-0.4, -0.2) is 43.2 Å². The van der Waals surface area contributed by atoms with Crippen LogP contribution in [0.4, 0.5) is 0 Å². The fourth-order valence-corrected chi connectivity index (χ4v) is 4.08. The van der Waals surface area contributed by atoms with Crippen molar-refractivity contribution < 1.29 is 18.0 Å². The maximum atomic E-state index is 12.9. The number of halogens is 1. The molecule has 8 heteroatoms. The molecule has 6 nitrogen and oxygen atoms in total. The average Bonchev–Trinajstić information content (AvgIpc) is 2.97. The molecule has 3 rings (SSSR count). The van der Waals surface area contributed by atoms with E-state index in [4.69, 9.17) is 11.6 Å². The normalized spacial score (nSPS) is 14.6. The Kier molecular flexibility index (Phi) is 6.05. The van der Waals surface area contributed by atoms with E-state index in [2.05, 4.69) is 5.32 Å². The number of nitrogens with zero attached hydrogens (tertiary/aromatic N) is 1. The highest BCUT2D eigenvalue weighted by molar-refractivity contribution is 7.90. The van der Waals surface area contributed by atoms with E-state index < -0.39 is 21.8 Å². The van der Waals surface area contributed by atoms with Crippen molar-refractivity contribution in [3.63, 3.8) is 0 Å². The molecule has 0 saturated heterocycles. The number of carbonyl (C=O) groups excluding carboxylic acids is 2. The summed E-state index contributed by atoms with van der Waals surface area (Å²) >= 11 is 6.12. The molecule has 0 spiro atoms. The summed E-state index contributed by atoms with van der Waals surface area (Å²) < 4.78 is 23.3. The lowest BCUT2D eigenvalue weighted by molar-refractivity contribution is -0.126. The number of benzene rings is 2. The molecule has 1 N–H and O–H groups in total. The number of carbonyl (C=O) groups is 2. The predicted octanol–water partition coefficient (Wildman–Crippen LogP) is 2.42. The van der Waals surface area contributed by atoms with Gasteiger partial charge in [-0.05, 0) is 29.7 Å². The van der Waals surface area contributed by atoms with Crippen molar-refractivity contribution >= 4 is 33.3 Å². The van der Waals surface area contributed by atoms with Crippen LogP contribution in [0.25, 0.3) is 0 Å². The van der Waals surface area contributed by atoms with Crippen LogP contribution in [-0.2, 0) is 27.7 Å². The molecule has 1 atom stereocenters. The van der Waals surface area contributed by atoms with Gasteiger partial charge in [0.15, 0.2) is 0 Å². The highest BCUT2D eigenvalue weighted by atomic mass is 35.5. The molecule has 1 aliphatic rings. The molecule has 148 valence electrons. The Hall–Kier alpha value is -2.38. The summed E-state index contributed by atoms with van der Waals surface area (Å²) in [5.74, 6) is -0.844. The molecular formula is C20H21ClN2O4S. The topological polar surface area (TPSA) is 83.6 Å². The van der Waals surface area contributed by atoms with Crippen molar-refractivity contribution in [1.82, 2.24) is 10.2 Å². The molecule has 0 bridgehead atoms. The van der Waals surface area contributed by atoms with Gasteiger partial charge in [-0.2, -0.15) is 0 Å². The standard InChI is InChI=1S/C20H21ClN2O4S/c1-28(26,27)11-10-18(19(24)22-12-14-6-3-5-9-17(14)21)23-13-15-7-2-4-8-16(15)20(23)25/h2-9,18H,10-13H2,1H3,(H,22,24)/t18-/m0/s1. The molecule has 2 amide bonds. The van der Waals surface area contributed by atoms with Crippen LogP contribution in [0.5, 0.6) is 0 Å². The van der Waals surface area contributed by atoms with E-state index in [0.717, 1.165) is 17.4 Å². The van der Waals surface area contributed by atoms with Gasteiger partial charge in [-0.15, -0.1) is 0 Å². The molecule has 0 aromatic heterocycles. The van der Waals surface area contributed by atoms with Gasteiger partial charge in [0.1, 0.15) is 15.9 Å². The van der Waals surface area contributed by atoms with Crippen LogP contribution >= 0.6 is 11.6 Å². The summed E-state index contributed by atoms with van der Waals surface area (Å²) in [6.45, 7) is 0.478. The first-order valence-electron chi connectivity index (χ1n) is 8.84. The Balaban J connectivity index is 1.78. The largest absolute Gasteiger partial charge is 0.350 e. The zero-order valence-corrected chi connectivity index (χ0v) is 17.0. The smallest absolute Gasteiger partial charge is 0.255 e. The minimum atomic E-state index is -3.28. The molecule has 0 aliphatic carbocycles. The van der Waals surface area contributed by atoms with E-state index in [-0.39, 0.29) is 31.2 Å². The predicted molar refractivity (Wildman–Crippen MR) is 108 cm³/mol. The van der Waals surface area contributed by atoms with Crippen LogP contribution < -0.4 is 5.32 Å². The molecule has 2 aromatic carbocycles. The molecule has 0 unspecified atom stereocenters. The van der Waals surface area contributed by atoms with Crippen molar-refractivity contribution in [3.8, 4) is 0 Å². The summed E-state index contributed by atoms with van der Waals surface area (Å²) in [5, 5.41) is 3.32. The maximum Gasteiger partial charge on any atom is 0.255 e. The van der Waals surface area contributed by atoms with E-state index in [1.165, 1.54) is 4.90 Å². The third-order valence-corrected chi connectivity index (χ3v) is 6.05. The third-order valence-electron chi connectivity index (χ3n) is 4.70. The summed E-state index contributed by atoms with van der Waals surface area (Å²) in [6, 6.07) is 13.4. The van der Waals surface area contributed by atoms with Gasteiger partial charge in [0.05, 0.1) is 5.75 Å². The van der Waals surface area contributed by atoms with Gasteiger partial charge >= 0.3 is 0 Å². The highest BCUT2D eigenvalue weighted by Crippen LogP contribution is 2.26. The number of fused-ring (bicyclic) bond motifs is 1. The van der Waals surface area contributed by atoms with Crippen LogP contribution in [0, 0.1) is 0 Å². The highest BCUT2D eigenvalue weighted by Gasteiger charge is 2.36. The second-order valence-electron chi connectivity index (χ2n) is 6.83. The van der Waals surface area contributed by atoms with Gasteiger partial charge in [0, 0.05) is 29.9 Å². The Labute approximate surface area is 169 Å². The lowest BCUT2D eigenvalue weighted by Crippen LogP contribution is -2.47. The zero-order valence-electron chi connectivity index (χ0n) is 15.4. The van der Waals surface area contributed by atoms with Crippen LogP contribution in [0.3, 0.4) is 0 Å². The lowest BCUT2D eigenvalue weighted by atomic mass is 10.1. The van der Waals surface area contributed by atoms with Crippen LogP contribution in [0.1, 0.15) is 27.9 Å². The monoisotopic (exact) mass is 420 g/mol. The van der Waals surface area contributed by atoms with E-state index in [9.17, 15) is 18.0 Å². The van der Waals surface area contributed by atoms with Gasteiger partial charge in [0.2, 0.25) is 5.91 Å². The molecule has 0 radical (unpaired) electrons. The third kappa shape index (κ3) is 4.72. The number of nitrogens with one attached hydrogen (secondary N) is 1. The molecular weight excluding hydrogens is 400 g/mol. The Bertz CT molecular complexity index is 1010. The van der Waals surface area contributed by atoms with Crippen LogP contribution in [0.15, 0.2) is 48.5 Å². The van der Waals surface area contributed by atoms with Crippen LogP contribution in [0.2, 0.25) is 5.02 Å². The average molecular weight is 421 g/mol. The van der Waals surface area contributed by atoms with Gasteiger partial charge < -0.3 is 10.2 Å². The second-order valence-corrected chi connectivity index (χ2v) is 9.50. The van der Waals surface area contributed by atoms with Crippen molar-refractivity contribution in [3.05, 3.63) is 70.2 Å². The Morgan fingerprint density at radius 1 is 1.18 bits per heavy atom. The van der Waals surface area contributed by atoms with E-state index in [0.29, 0.717) is 10.6 Å². The first kappa shape index (κ1) is 20.4. The molecule has 0 fully saturated rings. The Morgan fingerprint density at radius 3 is 2.54 bits per heavy atom. The van der Waals surface area contributed by atoms with Gasteiger partial charge in [-0.1, -0.05) is 48.0 Å². The zero-order chi connectivity index (χ0) is 20.3. The molecule has 2 aromatic rings. The fraction of sp³-hybridized carbons (Fsp3) is 0.300. The van der Waals surface area contributed by atoms with Gasteiger partial charge in [0.25, 0.3) is 5.91 Å². The maximum absolute atomic E-state index is 12.9. The number of amides is 2. The van der Waals surface area contributed by atoms with Crippen molar-refractivity contribution in [2.45, 2.75) is 25.6 Å². The molecule has 28 heavy (non-hydrogen) atoms. The van der Waals surface area contributed by atoms with E-state index in [1.54, 1.807) is 30.3 Å². The number of hydrogen-bond acceptors (Lipinski definition) is 4. The summed E-state index contributed by atoms with van der Waals surface area (Å²) in [7, 11) is -3.28. The Morgan fingerprint density at radius 2 is 1.86 bits per heavy atom. The van der Waals surface area contributed by atoms with E-state index >= 15 is 0 Å². The van der Waals surface area contributed by atoms with E-state index in [1.807, 2.05) is 18.2 Å². The molecule has 0 saturated carbocycles. The van der Waals surface area contributed by atoms with Crippen molar-refractivity contribution in [1.29, 1.82) is 0 Å². The first-order valence-corrected chi connectivity index (χ1v) is 11.3. The SMILES string of the molecule is CS(=O)(=O)CC[C@@H](C(=O)NCc1ccccc1Cl)N1Cc2ccccc2C1=O. The van der Waals surface area contributed by atoms with Gasteiger partial charge in [-0.25, -0.2) is 8.42 Å². The molecule has 1 aliphatic heterocycles. The summed E-state index contributed by atoms with van der Waals surface area (Å²) in [6.07, 6.45) is 1.15. The molecule has 1 heterocycles. The van der Waals surface area contributed by atoms with Gasteiger partial charge in [-0.3, -0.25) is 9.59 Å². The lowest BCUT2D eigenvalue weighted by Gasteiger charge is -2.27. The minimum absolute atomic E-state index is 0.0346. The fourth-order valence-electron chi connectivity index (χ4n) is 3.22. The number of sulfone groups is 1. The summed E-state index contributed by atoms with van der Waals surface area (Å²) in [5.41, 5.74) is 2.12. The number of hydrogen-bond donors (Lipinski definition) is 1.